The second-order valence-electron chi connectivity index (χ2n) is 5.52. The maximum atomic E-state index is 12.5. The van der Waals surface area contributed by atoms with E-state index in [2.05, 4.69) is 15.3 Å². The molecule has 0 fully saturated rings. The Labute approximate surface area is 144 Å². The van der Waals surface area contributed by atoms with Crippen LogP contribution >= 0.6 is 11.8 Å². The quantitative estimate of drug-likeness (QED) is 0.801. The van der Waals surface area contributed by atoms with Gasteiger partial charge in [0.05, 0.1) is 17.0 Å². The van der Waals surface area contributed by atoms with E-state index in [1.807, 2.05) is 32.0 Å². The number of thioether (sulfide) groups is 1. The zero-order valence-electron chi connectivity index (χ0n) is 13.5. The molecule has 2 N–H and O–H groups in total. The fraction of sp³-hybridized carbons (Fsp3) is 0.294. The van der Waals surface area contributed by atoms with E-state index >= 15 is 0 Å². The Bertz CT molecular complexity index is 735. The summed E-state index contributed by atoms with van der Waals surface area (Å²) in [6.07, 6.45) is 2.95. The number of hydrogen-bond donors (Lipinski definition) is 2. The van der Waals surface area contributed by atoms with Gasteiger partial charge in [-0.05, 0) is 23.6 Å². The van der Waals surface area contributed by atoms with Crippen molar-refractivity contribution in [2.24, 2.45) is 0 Å². The normalized spacial score (nSPS) is 10.6. The van der Waals surface area contributed by atoms with E-state index in [4.69, 9.17) is 5.11 Å². The Morgan fingerprint density at radius 3 is 2.83 bits per heavy atom. The lowest BCUT2D eigenvalue weighted by molar-refractivity contribution is -0.133. The lowest BCUT2D eigenvalue weighted by atomic mass is 10.0. The summed E-state index contributed by atoms with van der Waals surface area (Å²) in [7, 11) is 0. The van der Waals surface area contributed by atoms with Crippen LogP contribution in [0.5, 0.6) is 0 Å². The first-order valence-corrected chi connectivity index (χ1v) is 8.62. The van der Waals surface area contributed by atoms with Gasteiger partial charge in [-0.15, -0.1) is 11.8 Å². The minimum absolute atomic E-state index is 0.0513. The number of hydrogen-bond acceptors (Lipinski definition) is 5. The Kier molecular flexibility index (Phi) is 6.31. The molecule has 24 heavy (non-hydrogen) atoms. The summed E-state index contributed by atoms with van der Waals surface area (Å²) in [5.74, 6) is -0.353. The summed E-state index contributed by atoms with van der Waals surface area (Å²) >= 11 is 1.31. The first kappa shape index (κ1) is 17.9. The molecule has 0 aliphatic carbocycles. The number of carbonyl (C=O) groups excluding carboxylic acids is 1. The van der Waals surface area contributed by atoms with Crippen molar-refractivity contribution >= 4 is 29.3 Å². The Morgan fingerprint density at radius 2 is 2.12 bits per heavy atom. The molecule has 2 rings (SSSR count). The van der Waals surface area contributed by atoms with Gasteiger partial charge in [0, 0.05) is 17.6 Å². The number of aromatic nitrogens is 2. The molecule has 0 aliphatic heterocycles. The number of anilines is 1. The van der Waals surface area contributed by atoms with Crippen molar-refractivity contribution in [1.29, 1.82) is 0 Å². The van der Waals surface area contributed by atoms with Gasteiger partial charge in [0.1, 0.15) is 6.33 Å². The first-order valence-electron chi connectivity index (χ1n) is 7.47. The average molecular weight is 345 g/mol. The Hall–Kier alpha value is -2.41. The number of carbonyl (C=O) groups is 2. The molecule has 0 aliphatic rings. The van der Waals surface area contributed by atoms with E-state index < -0.39 is 5.97 Å². The molecule has 0 spiro atoms. The molecule has 0 unspecified atom stereocenters. The molecule has 2 aromatic rings. The first-order chi connectivity index (χ1) is 11.5. The molecule has 1 amide bonds. The summed E-state index contributed by atoms with van der Waals surface area (Å²) in [4.78, 5) is 31.2. The average Bonchev–Trinajstić information content (AvgIpc) is 2.55. The highest BCUT2D eigenvalue weighted by Crippen LogP contribution is 2.19. The van der Waals surface area contributed by atoms with E-state index in [0.29, 0.717) is 22.7 Å². The fourth-order valence-corrected chi connectivity index (χ4v) is 2.86. The molecule has 0 radical (unpaired) electrons. The van der Waals surface area contributed by atoms with Gasteiger partial charge in [0.25, 0.3) is 5.91 Å². The third-order valence-electron chi connectivity index (χ3n) is 3.21. The van der Waals surface area contributed by atoms with Crippen LogP contribution in [0.1, 0.15) is 41.4 Å². The van der Waals surface area contributed by atoms with Crippen molar-refractivity contribution in [3.05, 3.63) is 53.6 Å². The molecular formula is C17H19N3O3S. The molecule has 0 atom stereocenters. The number of benzene rings is 1. The van der Waals surface area contributed by atoms with Crippen molar-refractivity contribution in [2.75, 3.05) is 11.1 Å². The summed E-state index contributed by atoms with van der Waals surface area (Å²) in [5.41, 5.74) is 2.77. The summed E-state index contributed by atoms with van der Waals surface area (Å²) in [6.45, 7) is 3.94. The maximum Gasteiger partial charge on any atom is 0.313 e. The van der Waals surface area contributed by atoms with Gasteiger partial charge in [-0.25, -0.2) is 9.97 Å². The minimum Gasteiger partial charge on any atom is -0.481 e. The highest BCUT2D eigenvalue weighted by Gasteiger charge is 2.15. The van der Waals surface area contributed by atoms with Crippen molar-refractivity contribution in [3.8, 4) is 0 Å². The van der Waals surface area contributed by atoms with Crippen molar-refractivity contribution in [1.82, 2.24) is 9.97 Å². The number of aliphatic carboxylic acids is 1. The van der Waals surface area contributed by atoms with Gasteiger partial charge in [0.2, 0.25) is 0 Å². The van der Waals surface area contributed by atoms with Gasteiger partial charge in [0.15, 0.2) is 0 Å². The highest BCUT2D eigenvalue weighted by molar-refractivity contribution is 7.99. The van der Waals surface area contributed by atoms with E-state index in [0.717, 1.165) is 5.56 Å². The van der Waals surface area contributed by atoms with Gasteiger partial charge >= 0.3 is 5.97 Å². The van der Waals surface area contributed by atoms with Crippen LogP contribution in [-0.4, -0.2) is 32.7 Å². The lowest BCUT2D eigenvalue weighted by Crippen LogP contribution is -2.16. The molecule has 0 saturated carbocycles. The molecule has 0 bridgehead atoms. The molecule has 6 nitrogen and oxygen atoms in total. The predicted molar refractivity (Wildman–Crippen MR) is 94.3 cm³/mol. The third kappa shape index (κ3) is 5.06. The second-order valence-corrected chi connectivity index (χ2v) is 6.50. The summed E-state index contributed by atoms with van der Waals surface area (Å²) in [5, 5.41) is 11.5. The van der Waals surface area contributed by atoms with Crippen LogP contribution in [0.3, 0.4) is 0 Å². The lowest BCUT2D eigenvalue weighted by Gasteiger charge is -2.11. The van der Waals surface area contributed by atoms with Crippen LogP contribution in [0.25, 0.3) is 0 Å². The molecular weight excluding hydrogens is 326 g/mol. The number of amides is 1. The molecule has 1 aromatic heterocycles. The topological polar surface area (TPSA) is 92.2 Å². The van der Waals surface area contributed by atoms with Crippen molar-refractivity contribution in [2.45, 2.75) is 25.5 Å². The number of carboxylic acid groups (broad SMARTS) is 1. The van der Waals surface area contributed by atoms with Crippen LogP contribution in [0.2, 0.25) is 0 Å². The Morgan fingerprint density at radius 1 is 1.33 bits per heavy atom. The molecule has 1 aromatic carbocycles. The smallest absolute Gasteiger partial charge is 0.313 e. The van der Waals surface area contributed by atoms with E-state index in [1.54, 1.807) is 6.07 Å². The molecule has 0 saturated heterocycles. The highest BCUT2D eigenvalue weighted by atomic mass is 32.2. The second kappa shape index (κ2) is 8.44. The SMILES string of the molecule is CC(C)c1ncncc1C(=O)Nc1cccc(CSCC(=O)O)c1. The van der Waals surface area contributed by atoms with Crippen LogP contribution in [0.4, 0.5) is 5.69 Å². The molecule has 126 valence electrons. The van der Waals surface area contributed by atoms with Gasteiger partial charge in [-0.3, -0.25) is 9.59 Å². The number of carboxylic acids is 1. The van der Waals surface area contributed by atoms with E-state index in [9.17, 15) is 9.59 Å². The van der Waals surface area contributed by atoms with E-state index in [1.165, 1.54) is 24.3 Å². The van der Waals surface area contributed by atoms with Crippen LogP contribution in [-0.2, 0) is 10.5 Å². The van der Waals surface area contributed by atoms with Gasteiger partial charge in [-0.2, -0.15) is 0 Å². The van der Waals surface area contributed by atoms with Crippen molar-refractivity contribution < 1.29 is 14.7 Å². The predicted octanol–water partition coefficient (Wildman–Crippen LogP) is 3.17. The molecule has 1 heterocycles. The Balaban J connectivity index is 2.08. The minimum atomic E-state index is -0.838. The standard InChI is InChI=1S/C17H19N3O3S/c1-11(2)16-14(7-18-10-19-16)17(23)20-13-5-3-4-12(6-13)8-24-9-15(21)22/h3-7,10-11H,8-9H2,1-2H3,(H,20,23)(H,21,22). The fourth-order valence-electron chi connectivity index (χ4n) is 2.17. The molecule has 7 heteroatoms. The number of rotatable bonds is 7. The maximum absolute atomic E-state index is 12.5. The number of nitrogens with one attached hydrogen (secondary N) is 1. The van der Waals surface area contributed by atoms with Crippen LogP contribution < -0.4 is 5.32 Å². The summed E-state index contributed by atoms with van der Waals surface area (Å²) in [6, 6.07) is 7.36. The van der Waals surface area contributed by atoms with Gasteiger partial charge in [-0.1, -0.05) is 26.0 Å². The number of nitrogens with zero attached hydrogens (tertiary/aromatic N) is 2. The zero-order chi connectivity index (χ0) is 17.5. The van der Waals surface area contributed by atoms with E-state index in [-0.39, 0.29) is 17.6 Å². The monoisotopic (exact) mass is 345 g/mol. The van der Waals surface area contributed by atoms with Crippen molar-refractivity contribution in [3.63, 3.8) is 0 Å². The van der Waals surface area contributed by atoms with Gasteiger partial charge < -0.3 is 10.4 Å². The largest absolute Gasteiger partial charge is 0.481 e. The van der Waals surface area contributed by atoms with Crippen LogP contribution in [0, 0.1) is 0 Å². The van der Waals surface area contributed by atoms with Crippen LogP contribution in [0.15, 0.2) is 36.8 Å². The summed E-state index contributed by atoms with van der Waals surface area (Å²) < 4.78 is 0. The zero-order valence-corrected chi connectivity index (χ0v) is 14.3. The third-order valence-corrected chi connectivity index (χ3v) is 4.20.